The maximum Gasteiger partial charge on any atom is 0.306 e. The Morgan fingerprint density at radius 2 is 2.06 bits per heavy atom. The van der Waals surface area contributed by atoms with E-state index >= 15 is 0 Å². The van der Waals surface area contributed by atoms with Crippen molar-refractivity contribution in [1.82, 2.24) is 0 Å². The highest BCUT2D eigenvalue weighted by Crippen LogP contribution is 2.36. The van der Waals surface area contributed by atoms with Crippen molar-refractivity contribution >= 4 is 34.7 Å². The van der Waals surface area contributed by atoms with Gasteiger partial charge in [-0.15, -0.1) is 11.3 Å². The number of carboxylic acids is 1. The van der Waals surface area contributed by atoms with Crippen LogP contribution in [-0.2, 0) is 4.79 Å². The van der Waals surface area contributed by atoms with Gasteiger partial charge in [0.05, 0.1) is 15.1 Å². The number of aliphatic carboxylic acids is 1. The van der Waals surface area contributed by atoms with Gasteiger partial charge in [-0.25, -0.2) is 0 Å². The molecule has 92 valence electrons. The lowest BCUT2D eigenvalue weighted by Crippen LogP contribution is -2.13. The topological polar surface area (TPSA) is 54.4 Å². The van der Waals surface area contributed by atoms with E-state index in [2.05, 4.69) is 0 Å². The van der Waals surface area contributed by atoms with Crippen LogP contribution in [0.5, 0.6) is 0 Å². The Balaban J connectivity index is 2.09. The summed E-state index contributed by atoms with van der Waals surface area (Å²) < 4.78 is 0.640. The van der Waals surface area contributed by atoms with Crippen molar-refractivity contribution in [2.75, 3.05) is 0 Å². The van der Waals surface area contributed by atoms with Crippen LogP contribution in [0.3, 0.4) is 0 Å². The molecular formula is C12H13ClO3S. The van der Waals surface area contributed by atoms with Crippen LogP contribution < -0.4 is 0 Å². The molecule has 0 bridgehead atoms. The number of carbonyl (C=O) groups excluding carboxylic acids is 1. The fraction of sp³-hybridized carbons (Fsp3) is 0.500. The van der Waals surface area contributed by atoms with E-state index in [1.165, 1.54) is 11.3 Å². The highest BCUT2D eigenvalue weighted by atomic mass is 35.5. The van der Waals surface area contributed by atoms with Crippen LogP contribution in [-0.4, -0.2) is 16.9 Å². The van der Waals surface area contributed by atoms with Crippen LogP contribution in [0, 0.1) is 18.8 Å². The lowest BCUT2D eigenvalue weighted by molar-refractivity contribution is -0.141. The second-order valence-corrected chi connectivity index (χ2v) is 6.13. The summed E-state index contributed by atoms with van der Waals surface area (Å²) in [5.41, 5.74) is 0.910. The van der Waals surface area contributed by atoms with E-state index in [9.17, 15) is 9.59 Å². The third-order valence-electron chi connectivity index (χ3n) is 3.25. The number of hydrogen-bond donors (Lipinski definition) is 1. The molecule has 0 spiro atoms. The van der Waals surface area contributed by atoms with E-state index in [0.29, 0.717) is 28.5 Å². The zero-order valence-electron chi connectivity index (χ0n) is 9.40. The van der Waals surface area contributed by atoms with E-state index in [1.54, 1.807) is 6.07 Å². The maximum atomic E-state index is 12.1. The largest absolute Gasteiger partial charge is 0.481 e. The number of hydrogen-bond acceptors (Lipinski definition) is 3. The Hall–Kier alpha value is -0.870. The predicted octanol–water partition coefficient (Wildman–Crippen LogP) is 3.39. The molecule has 2 rings (SSSR count). The number of carbonyl (C=O) groups is 2. The van der Waals surface area contributed by atoms with Crippen molar-refractivity contribution in [2.45, 2.75) is 26.2 Å². The minimum atomic E-state index is -0.791. The van der Waals surface area contributed by atoms with Crippen molar-refractivity contribution in [3.8, 4) is 0 Å². The summed E-state index contributed by atoms with van der Waals surface area (Å²) >= 11 is 7.22. The normalized spacial score (nSPS) is 23.9. The molecule has 1 aromatic heterocycles. The summed E-state index contributed by atoms with van der Waals surface area (Å²) in [4.78, 5) is 23.6. The van der Waals surface area contributed by atoms with Crippen molar-refractivity contribution in [3.63, 3.8) is 0 Å². The van der Waals surface area contributed by atoms with Crippen LogP contribution in [0.1, 0.15) is 34.5 Å². The molecule has 2 atom stereocenters. The molecule has 0 amide bonds. The first-order valence-corrected chi connectivity index (χ1v) is 6.71. The first-order chi connectivity index (χ1) is 7.99. The molecule has 1 N–H and O–H groups in total. The minimum Gasteiger partial charge on any atom is -0.481 e. The van der Waals surface area contributed by atoms with Crippen LogP contribution in [0.25, 0.3) is 0 Å². The summed E-state index contributed by atoms with van der Waals surface area (Å²) in [5.74, 6) is -1.25. The van der Waals surface area contributed by atoms with Gasteiger partial charge in [-0.3, -0.25) is 9.59 Å². The molecule has 0 aromatic carbocycles. The molecule has 0 aliphatic heterocycles. The summed E-state index contributed by atoms with van der Waals surface area (Å²) in [6.07, 6.45) is 1.73. The molecular weight excluding hydrogens is 260 g/mol. The van der Waals surface area contributed by atoms with Crippen molar-refractivity contribution < 1.29 is 14.7 Å². The first-order valence-electron chi connectivity index (χ1n) is 5.52. The van der Waals surface area contributed by atoms with Gasteiger partial charge in [-0.05, 0) is 37.8 Å². The lowest BCUT2D eigenvalue weighted by Gasteiger charge is -2.06. The zero-order chi connectivity index (χ0) is 12.6. The number of rotatable bonds is 3. The van der Waals surface area contributed by atoms with Crippen molar-refractivity contribution in [2.24, 2.45) is 11.8 Å². The van der Waals surface area contributed by atoms with E-state index in [1.807, 2.05) is 6.92 Å². The quantitative estimate of drug-likeness (QED) is 0.858. The fourth-order valence-electron chi connectivity index (χ4n) is 2.23. The third kappa shape index (κ3) is 2.53. The monoisotopic (exact) mass is 272 g/mol. The highest BCUT2D eigenvalue weighted by molar-refractivity contribution is 7.18. The molecule has 1 aliphatic rings. The van der Waals surface area contributed by atoms with Gasteiger partial charge in [0.2, 0.25) is 0 Å². The summed E-state index contributed by atoms with van der Waals surface area (Å²) in [5, 5.41) is 8.90. The predicted molar refractivity (Wildman–Crippen MR) is 66.9 cm³/mol. The second kappa shape index (κ2) is 4.78. The number of ketones is 1. The van der Waals surface area contributed by atoms with Gasteiger partial charge in [0, 0.05) is 5.92 Å². The molecule has 1 heterocycles. The minimum absolute atomic E-state index is 0.0498. The van der Waals surface area contributed by atoms with Gasteiger partial charge < -0.3 is 5.11 Å². The van der Waals surface area contributed by atoms with Crippen LogP contribution in [0.2, 0.25) is 4.34 Å². The van der Waals surface area contributed by atoms with E-state index in [0.717, 1.165) is 5.56 Å². The number of aryl methyl sites for hydroxylation is 1. The van der Waals surface area contributed by atoms with Crippen LogP contribution in [0.15, 0.2) is 6.07 Å². The molecule has 1 aromatic rings. The van der Waals surface area contributed by atoms with Gasteiger partial charge in [0.1, 0.15) is 0 Å². The number of halogens is 1. The summed E-state index contributed by atoms with van der Waals surface area (Å²) in [6.45, 7) is 1.87. The maximum absolute atomic E-state index is 12.1. The van der Waals surface area contributed by atoms with Gasteiger partial charge in [0.15, 0.2) is 5.78 Å². The molecule has 0 saturated heterocycles. The van der Waals surface area contributed by atoms with Gasteiger partial charge in [-0.2, -0.15) is 0 Å². The molecule has 1 aliphatic carbocycles. The Morgan fingerprint density at radius 3 is 2.53 bits per heavy atom. The average Bonchev–Trinajstić information content (AvgIpc) is 2.86. The average molecular weight is 273 g/mol. The Morgan fingerprint density at radius 1 is 1.41 bits per heavy atom. The number of carboxylic acid groups (broad SMARTS) is 1. The van der Waals surface area contributed by atoms with Gasteiger partial charge >= 0.3 is 5.97 Å². The first kappa shape index (κ1) is 12.6. The molecule has 0 radical (unpaired) electrons. The number of Topliss-reactive ketones (excluding diaryl/α,β-unsaturated/α-hetero) is 1. The molecule has 2 unspecified atom stereocenters. The molecule has 3 nitrogen and oxygen atoms in total. The fourth-order valence-corrected chi connectivity index (χ4v) is 3.45. The Kier molecular flexibility index (Phi) is 3.54. The smallest absolute Gasteiger partial charge is 0.306 e. The standard InChI is InChI=1S/C12H13ClO3S/c1-6-4-9(17-11(6)13)10(14)7-2-3-8(5-7)12(15)16/h4,7-8H,2-3,5H2,1H3,(H,15,16). The molecule has 5 heteroatoms. The van der Waals surface area contributed by atoms with Crippen molar-refractivity contribution in [1.29, 1.82) is 0 Å². The Bertz CT molecular complexity index is 447. The van der Waals surface area contributed by atoms with E-state index in [-0.39, 0.29) is 17.6 Å². The van der Waals surface area contributed by atoms with E-state index < -0.39 is 5.97 Å². The lowest BCUT2D eigenvalue weighted by atomic mass is 9.99. The van der Waals surface area contributed by atoms with Crippen LogP contribution >= 0.6 is 22.9 Å². The van der Waals surface area contributed by atoms with Gasteiger partial charge in [0.25, 0.3) is 0 Å². The molecule has 17 heavy (non-hydrogen) atoms. The highest BCUT2D eigenvalue weighted by Gasteiger charge is 2.34. The van der Waals surface area contributed by atoms with E-state index in [4.69, 9.17) is 16.7 Å². The third-order valence-corrected chi connectivity index (χ3v) is 4.82. The zero-order valence-corrected chi connectivity index (χ0v) is 11.0. The van der Waals surface area contributed by atoms with Crippen molar-refractivity contribution in [3.05, 3.63) is 20.8 Å². The van der Waals surface area contributed by atoms with Crippen LogP contribution in [0.4, 0.5) is 0 Å². The second-order valence-electron chi connectivity index (χ2n) is 4.48. The molecule has 1 fully saturated rings. The summed E-state index contributed by atoms with van der Waals surface area (Å²) in [6, 6.07) is 1.80. The summed E-state index contributed by atoms with van der Waals surface area (Å²) in [7, 11) is 0. The SMILES string of the molecule is Cc1cc(C(=O)C2CCC(C(=O)O)C2)sc1Cl. The Labute approximate surface area is 108 Å². The number of thiophene rings is 1. The van der Waals surface area contributed by atoms with Gasteiger partial charge in [-0.1, -0.05) is 11.6 Å². The molecule has 1 saturated carbocycles.